The lowest BCUT2D eigenvalue weighted by Crippen LogP contribution is -2.28. The van der Waals surface area contributed by atoms with Crippen LogP contribution >= 0.6 is 0 Å². The van der Waals surface area contributed by atoms with E-state index in [4.69, 9.17) is 10.5 Å². The molecule has 0 saturated carbocycles. The Kier molecular flexibility index (Phi) is 5.36. The SMILES string of the molecule is COc1cc(C)c(C)cc1N(C)C(=O)CCC(C)N. The summed E-state index contributed by atoms with van der Waals surface area (Å²) in [5, 5.41) is 0. The third-order valence-electron chi connectivity index (χ3n) is 3.34. The van der Waals surface area contributed by atoms with E-state index in [1.165, 1.54) is 0 Å². The minimum atomic E-state index is 0.0407. The minimum absolute atomic E-state index is 0.0407. The van der Waals surface area contributed by atoms with Crippen molar-refractivity contribution in [2.45, 2.75) is 39.7 Å². The smallest absolute Gasteiger partial charge is 0.226 e. The molecule has 106 valence electrons. The van der Waals surface area contributed by atoms with Gasteiger partial charge in [-0.1, -0.05) is 0 Å². The normalized spacial score (nSPS) is 12.1. The maximum absolute atomic E-state index is 12.1. The fourth-order valence-corrected chi connectivity index (χ4v) is 1.85. The van der Waals surface area contributed by atoms with Crippen LogP contribution in [0.4, 0.5) is 5.69 Å². The number of aryl methyl sites for hydroxylation is 2. The van der Waals surface area contributed by atoms with Crippen molar-refractivity contribution < 1.29 is 9.53 Å². The molecule has 19 heavy (non-hydrogen) atoms. The summed E-state index contributed by atoms with van der Waals surface area (Å²) in [6.07, 6.45) is 1.14. The Balaban J connectivity index is 2.95. The highest BCUT2D eigenvalue weighted by Crippen LogP contribution is 2.31. The van der Waals surface area contributed by atoms with E-state index in [2.05, 4.69) is 0 Å². The summed E-state index contributed by atoms with van der Waals surface area (Å²) in [5.41, 5.74) is 8.78. The van der Waals surface area contributed by atoms with Crippen molar-refractivity contribution in [1.29, 1.82) is 0 Å². The zero-order chi connectivity index (χ0) is 14.6. The third-order valence-corrected chi connectivity index (χ3v) is 3.34. The van der Waals surface area contributed by atoms with Crippen LogP contribution in [0, 0.1) is 13.8 Å². The first-order valence-electron chi connectivity index (χ1n) is 6.54. The van der Waals surface area contributed by atoms with Crippen LogP contribution in [0.1, 0.15) is 30.9 Å². The molecule has 0 aliphatic rings. The van der Waals surface area contributed by atoms with Crippen molar-refractivity contribution in [3.63, 3.8) is 0 Å². The Morgan fingerprint density at radius 1 is 1.37 bits per heavy atom. The zero-order valence-corrected chi connectivity index (χ0v) is 12.5. The molecule has 1 unspecified atom stereocenters. The Hall–Kier alpha value is -1.55. The predicted octanol–water partition coefficient (Wildman–Crippen LogP) is 2.40. The van der Waals surface area contributed by atoms with Crippen molar-refractivity contribution in [2.75, 3.05) is 19.1 Å². The van der Waals surface area contributed by atoms with E-state index in [-0.39, 0.29) is 11.9 Å². The molecular weight excluding hydrogens is 240 g/mol. The largest absolute Gasteiger partial charge is 0.495 e. The van der Waals surface area contributed by atoms with Crippen LogP contribution in [-0.2, 0) is 4.79 Å². The van der Waals surface area contributed by atoms with Crippen LogP contribution in [0.25, 0.3) is 0 Å². The zero-order valence-electron chi connectivity index (χ0n) is 12.5. The van der Waals surface area contributed by atoms with E-state index in [1.54, 1.807) is 19.1 Å². The first kappa shape index (κ1) is 15.5. The number of hydrogen-bond donors (Lipinski definition) is 1. The molecule has 0 radical (unpaired) electrons. The maximum Gasteiger partial charge on any atom is 0.226 e. The number of carbonyl (C=O) groups is 1. The number of rotatable bonds is 5. The molecule has 2 N–H and O–H groups in total. The lowest BCUT2D eigenvalue weighted by molar-refractivity contribution is -0.118. The highest BCUT2D eigenvalue weighted by Gasteiger charge is 2.16. The molecule has 0 aliphatic heterocycles. The Bertz CT molecular complexity index is 456. The van der Waals surface area contributed by atoms with Gasteiger partial charge in [0, 0.05) is 19.5 Å². The number of hydrogen-bond acceptors (Lipinski definition) is 3. The second kappa shape index (κ2) is 6.57. The standard InChI is InChI=1S/C15H24N2O2/c1-10-8-13(14(19-5)9-11(10)2)17(4)15(18)7-6-12(3)16/h8-9,12H,6-7,16H2,1-5H3. The summed E-state index contributed by atoms with van der Waals surface area (Å²) in [7, 11) is 3.39. The van der Waals surface area contributed by atoms with Crippen molar-refractivity contribution in [3.05, 3.63) is 23.3 Å². The molecule has 0 aromatic heterocycles. The van der Waals surface area contributed by atoms with E-state index in [1.807, 2.05) is 32.9 Å². The number of benzene rings is 1. The first-order chi connectivity index (χ1) is 8.86. The second-order valence-corrected chi connectivity index (χ2v) is 5.08. The molecule has 0 fully saturated rings. The highest BCUT2D eigenvalue weighted by atomic mass is 16.5. The minimum Gasteiger partial charge on any atom is -0.495 e. The molecular formula is C15H24N2O2. The van der Waals surface area contributed by atoms with Crippen molar-refractivity contribution in [3.8, 4) is 5.75 Å². The number of nitrogens with two attached hydrogens (primary N) is 1. The molecule has 1 aromatic carbocycles. The summed E-state index contributed by atoms with van der Waals surface area (Å²) in [5.74, 6) is 0.776. The van der Waals surface area contributed by atoms with E-state index in [0.29, 0.717) is 12.8 Å². The Labute approximate surface area is 115 Å². The number of anilines is 1. The number of ether oxygens (including phenoxy) is 1. The Morgan fingerprint density at radius 3 is 2.47 bits per heavy atom. The summed E-state index contributed by atoms with van der Waals surface area (Å²) < 4.78 is 5.36. The molecule has 0 aliphatic carbocycles. The third kappa shape index (κ3) is 3.96. The first-order valence-corrected chi connectivity index (χ1v) is 6.54. The van der Waals surface area contributed by atoms with Crippen molar-refractivity contribution in [2.24, 2.45) is 5.73 Å². The second-order valence-electron chi connectivity index (χ2n) is 5.08. The van der Waals surface area contributed by atoms with E-state index < -0.39 is 0 Å². The number of carbonyl (C=O) groups excluding carboxylic acids is 1. The van der Waals surface area contributed by atoms with Gasteiger partial charge in [-0.25, -0.2) is 0 Å². The maximum atomic E-state index is 12.1. The summed E-state index contributed by atoms with van der Waals surface area (Å²) in [4.78, 5) is 13.8. The van der Waals surface area contributed by atoms with Crippen LogP contribution in [0.2, 0.25) is 0 Å². The molecule has 4 nitrogen and oxygen atoms in total. The van der Waals surface area contributed by atoms with E-state index in [0.717, 1.165) is 22.6 Å². The van der Waals surface area contributed by atoms with Gasteiger partial charge in [0.2, 0.25) is 5.91 Å². The predicted molar refractivity (Wildman–Crippen MR) is 78.8 cm³/mol. The van der Waals surface area contributed by atoms with Gasteiger partial charge < -0.3 is 15.4 Å². The number of amides is 1. The fourth-order valence-electron chi connectivity index (χ4n) is 1.85. The highest BCUT2D eigenvalue weighted by molar-refractivity contribution is 5.94. The summed E-state index contributed by atoms with van der Waals surface area (Å²) in [6.45, 7) is 5.96. The van der Waals surface area contributed by atoms with Gasteiger partial charge in [0.1, 0.15) is 5.75 Å². The quantitative estimate of drug-likeness (QED) is 0.888. The molecule has 1 amide bonds. The summed E-state index contributed by atoms with van der Waals surface area (Å²) in [6, 6.07) is 3.98. The van der Waals surface area contributed by atoms with Gasteiger partial charge in [0.05, 0.1) is 12.8 Å². The van der Waals surface area contributed by atoms with Crippen LogP contribution < -0.4 is 15.4 Å². The van der Waals surface area contributed by atoms with Gasteiger partial charge in [-0.15, -0.1) is 0 Å². The van der Waals surface area contributed by atoms with Gasteiger partial charge in [-0.05, 0) is 50.5 Å². The van der Waals surface area contributed by atoms with Gasteiger partial charge in [-0.2, -0.15) is 0 Å². The topological polar surface area (TPSA) is 55.6 Å². The summed E-state index contributed by atoms with van der Waals surface area (Å²) >= 11 is 0. The number of nitrogens with zero attached hydrogens (tertiary/aromatic N) is 1. The van der Waals surface area contributed by atoms with Crippen LogP contribution in [0.5, 0.6) is 5.75 Å². The number of methoxy groups -OCH3 is 1. The molecule has 1 rings (SSSR count). The van der Waals surface area contributed by atoms with Gasteiger partial charge in [-0.3, -0.25) is 4.79 Å². The molecule has 0 spiro atoms. The van der Waals surface area contributed by atoms with Gasteiger partial charge >= 0.3 is 0 Å². The van der Waals surface area contributed by atoms with E-state index in [9.17, 15) is 4.79 Å². The molecule has 0 saturated heterocycles. The monoisotopic (exact) mass is 264 g/mol. The Morgan fingerprint density at radius 2 is 1.95 bits per heavy atom. The van der Waals surface area contributed by atoms with Gasteiger partial charge in [0.15, 0.2) is 0 Å². The molecule has 0 bridgehead atoms. The molecule has 0 heterocycles. The molecule has 4 heteroatoms. The van der Waals surface area contributed by atoms with Crippen LogP contribution in [0.15, 0.2) is 12.1 Å². The van der Waals surface area contributed by atoms with E-state index >= 15 is 0 Å². The molecule has 1 aromatic rings. The van der Waals surface area contributed by atoms with Crippen molar-refractivity contribution in [1.82, 2.24) is 0 Å². The average molecular weight is 264 g/mol. The van der Waals surface area contributed by atoms with Gasteiger partial charge in [0.25, 0.3) is 0 Å². The molecule has 1 atom stereocenters. The van der Waals surface area contributed by atoms with Crippen molar-refractivity contribution >= 4 is 11.6 Å². The van der Waals surface area contributed by atoms with Crippen LogP contribution in [-0.4, -0.2) is 26.1 Å². The van der Waals surface area contributed by atoms with Crippen LogP contribution in [0.3, 0.4) is 0 Å². The lowest BCUT2D eigenvalue weighted by atomic mass is 10.1. The fraction of sp³-hybridized carbons (Fsp3) is 0.533. The average Bonchev–Trinajstić information content (AvgIpc) is 2.37. The lowest BCUT2D eigenvalue weighted by Gasteiger charge is -2.21.